The molecule has 2 aliphatic rings. The Hall–Kier alpha value is -3.54. The molecule has 0 aliphatic carbocycles. The second-order valence-corrected chi connectivity index (χ2v) is 9.98. The van der Waals surface area contributed by atoms with Gasteiger partial charge in [0.25, 0.3) is 0 Å². The van der Waals surface area contributed by atoms with Gasteiger partial charge in [0.15, 0.2) is 5.82 Å². The quantitative estimate of drug-likeness (QED) is 0.439. The molecule has 6 heteroatoms. The van der Waals surface area contributed by atoms with Crippen molar-refractivity contribution in [1.82, 2.24) is 14.3 Å². The van der Waals surface area contributed by atoms with Gasteiger partial charge in [-0.25, -0.2) is 4.98 Å². The van der Waals surface area contributed by atoms with Gasteiger partial charge in [-0.2, -0.15) is 0 Å². The van der Waals surface area contributed by atoms with Crippen LogP contribution in [0.3, 0.4) is 0 Å². The number of aromatic nitrogens is 2. The molecule has 6 rings (SSSR count). The Kier molecular flexibility index (Phi) is 5.59. The predicted molar refractivity (Wildman–Crippen MR) is 142 cm³/mol. The Morgan fingerprint density at radius 3 is 2.34 bits per heavy atom. The second-order valence-electron chi connectivity index (χ2n) is 9.98. The van der Waals surface area contributed by atoms with E-state index in [1.807, 2.05) is 6.07 Å². The lowest BCUT2D eigenvalue weighted by molar-refractivity contribution is -0.136. The second kappa shape index (κ2) is 8.91. The van der Waals surface area contributed by atoms with E-state index in [9.17, 15) is 4.79 Å². The number of nitrogens with zero attached hydrogens (tertiary/aromatic N) is 5. The number of amides is 1. The van der Waals surface area contributed by atoms with E-state index in [4.69, 9.17) is 4.98 Å². The third-order valence-corrected chi connectivity index (χ3v) is 8.00. The fourth-order valence-electron chi connectivity index (χ4n) is 5.78. The highest BCUT2D eigenvalue weighted by Gasteiger charge is 2.31. The molecule has 35 heavy (non-hydrogen) atoms. The molecule has 1 amide bonds. The first kappa shape index (κ1) is 22.0. The van der Waals surface area contributed by atoms with Gasteiger partial charge in [0.05, 0.1) is 16.6 Å². The molecule has 6 nitrogen and oxygen atoms in total. The summed E-state index contributed by atoms with van der Waals surface area (Å²) in [7, 11) is 0. The highest BCUT2D eigenvalue weighted by atomic mass is 16.2. The molecule has 0 radical (unpaired) electrons. The van der Waals surface area contributed by atoms with Gasteiger partial charge in [0.1, 0.15) is 0 Å². The van der Waals surface area contributed by atoms with Crippen molar-refractivity contribution in [3.05, 3.63) is 71.9 Å². The lowest BCUT2D eigenvalue weighted by Gasteiger charge is -2.40. The zero-order valence-corrected chi connectivity index (χ0v) is 20.7. The summed E-state index contributed by atoms with van der Waals surface area (Å²) in [5.41, 5.74) is 7.25. The van der Waals surface area contributed by atoms with Crippen molar-refractivity contribution in [3.63, 3.8) is 0 Å². The molecule has 0 atom stereocenters. The SMILES string of the molecule is Cc1cccc(N2CCN(C(=O)C3CCN(c4nc5ccccc5n5cccc45)CC3)CC2)c1C. The maximum Gasteiger partial charge on any atom is 0.225 e. The Morgan fingerprint density at radius 1 is 0.800 bits per heavy atom. The van der Waals surface area contributed by atoms with Crippen molar-refractivity contribution in [2.45, 2.75) is 26.7 Å². The number of fused-ring (bicyclic) bond motifs is 3. The van der Waals surface area contributed by atoms with Gasteiger partial charge >= 0.3 is 0 Å². The standard InChI is InChI=1S/C29H33N5O/c1-21-7-5-10-25(22(21)2)31-17-19-33(20-18-31)29(35)23-12-15-32(16-13-23)28-27-11-6-14-34(27)26-9-4-3-8-24(26)30-28/h3-11,14,23H,12-13,15-20H2,1-2H3. The summed E-state index contributed by atoms with van der Waals surface area (Å²) in [5, 5.41) is 0. The number of anilines is 2. The summed E-state index contributed by atoms with van der Waals surface area (Å²) in [6, 6.07) is 19.0. The number of rotatable bonds is 3. The highest BCUT2D eigenvalue weighted by Crippen LogP contribution is 2.30. The van der Waals surface area contributed by atoms with Crippen LogP contribution in [0.2, 0.25) is 0 Å². The first-order chi connectivity index (χ1) is 17.1. The van der Waals surface area contributed by atoms with Crippen LogP contribution in [0, 0.1) is 19.8 Å². The summed E-state index contributed by atoms with van der Waals surface area (Å²) in [4.78, 5) is 25.3. The van der Waals surface area contributed by atoms with Crippen molar-refractivity contribution in [2.75, 3.05) is 49.1 Å². The van der Waals surface area contributed by atoms with Crippen molar-refractivity contribution in [1.29, 1.82) is 0 Å². The molecular weight excluding hydrogens is 434 g/mol. The van der Waals surface area contributed by atoms with E-state index in [1.54, 1.807) is 0 Å². The highest BCUT2D eigenvalue weighted by molar-refractivity contribution is 5.85. The van der Waals surface area contributed by atoms with Crippen LogP contribution in [-0.4, -0.2) is 59.5 Å². The molecule has 4 aromatic rings. The van der Waals surface area contributed by atoms with E-state index >= 15 is 0 Å². The van der Waals surface area contributed by atoms with E-state index in [0.717, 1.165) is 74.5 Å². The summed E-state index contributed by atoms with van der Waals surface area (Å²) in [6.07, 6.45) is 3.88. The van der Waals surface area contributed by atoms with Crippen LogP contribution in [0.25, 0.3) is 16.6 Å². The first-order valence-corrected chi connectivity index (χ1v) is 12.8. The van der Waals surface area contributed by atoms with Crippen LogP contribution in [0.1, 0.15) is 24.0 Å². The van der Waals surface area contributed by atoms with Gasteiger partial charge in [0.2, 0.25) is 5.91 Å². The normalized spacial score (nSPS) is 17.5. The third kappa shape index (κ3) is 3.91. The minimum atomic E-state index is 0.113. The van der Waals surface area contributed by atoms with Crippen LogP contribution in [0.5, 0.6) is 0 Å². The minimum absolute atomic E-state index is 0.113. The van der Waals surface area contributed by atoms with Crippen molar-refractivity contribution < 1.29 is 4.79 Å². The summed E-state index contributed by atoms with van der Waals surface area (Å²) >= 11 is 0. The number of carbonyl (C=O) groups is 1. The number of benzene rings is 2. The van der Waals surface area contributed by atoms with Gasteiger partial charge in [0, 0.05) is 57.1 Å². The van der Waals surface area contributed by atoms with E-state index < -0.39 is 0 Å². The van der Waals surface area contributed by atoms with Crippen LogP contribution < -0.4 is 9.80 Å². The van der Waals surface area contributed by atoms with Crippen LogP contribution in [-0.2, 0) is 4.79 Å². The number of carbonyl (C=O) groups excluding carboxylic acids is 1. The predicted octanol–water partition coefficient (Wildman–Crippen LogP) is 4.67. The van der Waals surface area contributed by atoms with Crippen LogP contribution >= 0.6 is 0 Å². The number of hydrogen-bond donors (Lipinski definition) is 0. The summed E-state index contributed by atoms with van der Waals surface area (Å²) in [5.74, 6) is 1.48. The first-order valence-electron chi connectivity index (χ1n) is 12.8. The van der Waals surface area contributed by atoms with Crippen molar-refractivity contribution >= 4 is 34.0 Å². The topological polar surface area (TPSA) is 44.1 Å². The molecule has 0 spiro atoms. The van der Waals surface area contributed by atoms with E-state index in [0.29, 0.717) is 5.91 Å². The molecule has 2 fully saturated rings. The molecule has 2 aliphatic heterocycles. The Morgan fingerprint density at radius 2 is 1.54 bits per heavy atom. The molecular formula is C29H33N5O. The van der Waals surface area contributed by atoms with E-state index in [1.165, 1.54) is 16.8 Å². The maximum atomic E-state index is 13.4. The number of piperazine rings is 1. The molecule has 4 heterocycles. The molecule has 2 saturated heterocycles. The molecule has 0 unspecified atom stereocenters. The molecule has 180 valence electrons. The van der Waals surface area contributed by atoms with Crippen molar-refractivity contribution in [2.24, 2.45) is 5.92 Å². The number of piperidine rings is 1. The average Bonchev–Trinajstić information content (AvgIpc) is 3.40. The maximum absolute atomic E-state index is 13.4. The molecule has 2 aromatic carbocycles. The Balaban J connectivity index is 1.11. The summed E-state index contributed by atoms with van der Waals surface area (Å²) in [6.45, 7) is 9.52. The number of para-hydroxylation sites is 2. The van der Waals surface area contributed by atoms with Gasteiger partial charge in [-0.05, 0) is 68.1 Å². The Labute approximate surface area is 206 Å². The smallest absolute Gasteiger partial charge is 0.225 e. The monoisotopic (exact) mass is 467 g/mol. The molecule has 2 aromatic heterocycles. The number of hydrogen-bond acceptors (Lipinski definition) is 4. The fourth-order valence-corrected chi connectivity index (χ4v) is 5.78. The lowest BCUT2D eigenvalue weighted by Crippen LogP contribution is -2.52. The molecule has 0 saturated carbocycles. The lowest BCUT2D eigenvalue weighted by atomic mass is 9.94. The number of aryl methyl sites for hydroxylation is 1. The van der Waals surface area contributed by atoms with Gasteiger partial charge in [-0.3, -0.25) is 4.79 Å². The Bertz CT molecular complexity index is 1380. The third-order valence-electron chi connectivity index (χ3n) is 8.00. The molecule has 0 N–H and O–H groups in total. The fraction of sp³-hybridized carbons (Fsp3) is 0.379. The van der Waals surface area contributed by atoms with Crippen LogP contribution in [0.15, 0.2) is 60.8 Å². The minimum Gasteiger partial charge on any atom is -0.368 e. The largest absolute Gasteiger partial charge is 0.368 e. The van der Waals surface area contributed by atoms with Gasteiger partial charge < -0.3 is 19.1 Å². The van der Waals surface area contributed by atoms with Gasteiger partial charge in [-0.15, -0.1) is 0 Å². The molecule has 0 bridgehead atoms. The van der Waals surface area contributed by atoms with Crippen molar-refractivity contribution in [3.8, 4) is 0 Å². The van der Waals surface area contributed by atoms with E-state index in [2.05, 4.69) is 87.7 Å². The zero-order valence-electron chi connectivity index (χ0n) is 20.7. The summed E-state index contributed by atoms with van der Waals surface area (Å²) < 4.78 is 2.23. The van der Waals surface area contributed by atoms with E-state index in [-0.39, 0.29) is 5.92 Å². The van der Waals surface area contributed by atoms with Crippen LogP contribution in [0.4, 0.5) is 11.5 Å². The zero-order chi connectivity index (χ0) is 23.9. The van der Waals surface area contributed by atoms with Gasteiger partial charge in [-0.1, -0.05) is 24.3 Å². The average molecular weight is 468 g/mol.